The molecule has 0 spiro atoms. The third kappa shape index (κ3) is 6.97. The van der Waals surface area contributed by atoms with Gasteiger partial charge in [-0.1, -0.05) is 40.3 Å². The number of hydrogen-bond acceptors (Lipinski definition) is 8. The molecule has 1 aliphatic heterocycles. The summed E-state index contributed by atoms with van der Waals surface area (Å²) in [6.07, 6.45) is 5.52. The lowest BCUT2D eigenvalue weighted by Crippen LogP contribution is -2.57. The lowest BCUT2D eigenvalue weighted by molar-refractivity contribution is -0.151. The van der Waals surface area contributed by atoms with Crippen molar-refractivity contribution in [2.45, 2.75) is 84.1 Å². The van der Waals surface area contributed by atoms with Crippen LogP contribution in [-0.2, 0) is 14.3 Å². The lowest BCUT2D eigenvalue weighted by atomic mass is 9.85. The third-order valence-electron chi connectivity index (χ3n) is 8.67. The molecule has 44 heavy (non-hydrogen) atoms. The van der Waals surface area contributed by atoms with Crippen LogP contribution in [0.15, 0.2) is 37.4 Å². The van der Waals surface area contributed by atoms with E-state index in [1.807, 2.05) is 33.8 Å². The van der Waals surface area contributed by atoms with E-state index in [2.05, 4.69) is 28.4 Å². The number of carbonyl (C=O) groups excluding carboxylic acids is 2. The summed E-state index contributed by atoms with van der Waals surface area (Å²) < 4.78 is 17.3. The zero-order valence-corrected chi connectivity index (χ0v) is 26.5. The van der Waals surface area contributed by atoms with Crippen LogP contribution in [0.3, 0.4) is 0 Å². The highest BCUT2D eigenvalue weighted by molar-refractivity contribution is 5.91. The first-order chi connectivity index (χ1) is 20.7. The second-order valence-corrected chi connectivity index (χ2v) is 13.0. The average molecular weight is 609 g/mol. The molecule has 2 heterocycles. The molecule has 238 valence electrons. The van der Waals surface area contributed by atoms with Gasteiger partial charge in [0, 0.05) is 17.9 Å². The predicted molar refractivity (Wildman–Crippen MR) is 166 cm³/mol. The third-order valence-corrected chi connectivity index (χ3v) is 8.67. The second-order valence-electron chi connectivity index (χ2n) is 13.0. The molecule has 0 bridgehead atoms. The van der Waals surface area contributed by atoms with E-state index in [0.29, 0.717) is 22.5 Å². The van der Waals surface area contributed by atoms with Crippen LogP contribution in [-0.4, -0.2) is 75.4 Å². The van der Waals surface area contributed by atoms with Gasteiger partial charge < -0.3 is 29.5 Å². The molecule has 1 aromatic heterocycles. The number of carboxylic acids is 1. The highest BCUT2D eigenvalue weighted by atomic mass is 16.6. The number of nitrogens with one attached hydrogen (secondary N) is 1. The molecular weight excluding hydrogens is 564 g/mol. The van der Waals surface area contributed by atoms with E-state index in [9.17, 15) is 19.5 Å². The molecule has 1 saturated heterocycles. The molecule has 1 aromatic carbocycles. The Morgan fingerprint density at radius 1 is 1.23 bits per heavy atom. The van der Waals surface area contributed by atoms with Gasteiger partial charge >= 0.3 is 12.1 Å². The molecule has 1 saturated carbocycles. The van der Waals surface area contributed by atoms with E-state index in [0.717, 1.165) is 25.7 Å². The first-order valence-corrected chi connectivity index (χ1v) is 15.0. The Balaban J connectivity index is 1.53. The number of alkyl carbamates (subject to hydrolysis) is 1. The fourth-order valence-electron chi connectivity index (χ4n) is 5.86. The number of rotatable bonds is 12. The monoisotopic (exact) mass is 608 g/mol. The minimum Gasteiger partial charge on any atom is -0.497 e. The van der Waals surface area contributed by atoms with Crippen molar-refractivity contribution in [3.05, 3.63) is 43.1 Å². The minimum atomic E-state index is -1.19. The van der Waals surface area contributed by atoms with Crippen molar-refractivity contribution in [2.75, 3.05) is 13.7 Å². The Morgan fingerprint density at radius 3 is 2.57 bits per heavy atom. The normalized spacial score (nSPS) is 25.2. The summed E-state index contributed by atoms with van der Waals surface area (Å²) in [4.78, 5) is 50.1. The molecule has 2 aromatic rings. The first-order valence-electron chi connectivity index (χ1n) is 15.0. The van der Waals surface area contributed by atoms with E-state index < -0.39 is 53.1 Å². The SMILES string of the molecule is C=CCCCC1CC1(C)OC(=O)N[C@H](C(=O)N1C[C@H](Oc2nc3cc(OC)ccc3nc2C=C)[C@@H](C)[C@H]1C(=O)O)C(C)(C)C. The summed E-state index contributed by atoms with van der Waals surface area (Å²) in [5.41, 5.74) is 0.200. The van der Waals surface area contributed by atoms with E-state index in [1.54, 1.807) is 32.2 Å². The van der Waals surface area contributed by atoms with Gasteiger partial charge in [-0.25, -0.2) is 19.6 Å². The number of benzene rings is 1. The standard InChI is InChI=1S/C33H44N4O7/c1-9-11-12-13-20-17-33(20,7)44-31(41)36-27(32(4,5)6)29(38)37-18-25(19(3)26(37)30(39)40)43-28-22(10-2)34-23-15-14-21(42-8)16-24(23)35-28/h9-10,14-16,19-20,25-27H,1-2,11-13,17-18H2,3-8H3,(H,36,41)(H,39,40)/t19-,20?,25+,26+,27-,33?/m1/s1. The molecule has 2 fully saturated rings. The van der Waals surface area contributed by atoms with Crippen molar-refractivity contribution < 1.29 is 33.7 Å². The van der Waals surface area contributed by atoms with Crippen molar-refractivity contribution in [3.63, 3.8) is 0 Å². The molecular formula is C33H44N4O7. The first kappa shape index (κ1) is 32.8. The van der Waals surface area contributed by atoms with Gasteiger partial charge in [-0.05, 0) is 56.2 Å². The van der Waals surface area contributed by atoms with Crippen LogP contribution in [0.4, 0.5) is 4.79 Å². The summed E-state index contributed by atoms with van der Waals surface area (Å²) in [5, 5.41) is 13.0. The van der Waals surface area contributed by atoms with Gasteiger partial charge in [0.25, 0.3) is 0 Å². The van der Waals surface area contributed by atoms with E-state index >= 15 is 0 Å². The molecule has 0 radical (unpaired) electrons. The van der Waals surface area contributed by atoms with Crippen LogP contribution in [0.2, 0.25) is 0 Å². The molecule has 1 aliphatic carbocycles. The molecule has 11 nitrogen and oxygen atoms in total. The summed E-state index contributed by atoms with van der Waals surface area (Å²) in [6.45, 7) is 16.6. The predicted octanol–water partition coefficient (Wildman–Crippen LogP) is 5.24. The van der Waals surface area contributed by atoms with Gasteiger partial charge in [0.2, 0.25) is 11.8 Å². The van der Waals surface area contributed by atoms with Crippen LogP contribution >= 0.6 is 0 Å². The molecule has 6 atom stereocenters. The number of carbonyl (C=O) groups is 3. The number of aliphatic carboxylic acids is 1. The Morgan fingerprint density at radius 2 is 1.95 bits per heavy atom. The van der Waals surface area contributed by atoms with E-state index in [1.165, 1.54) is 11.0 Å². The van der Waals surface area contributed by atoms with E-state index in [-0.39, 0.29) is 18.3 Å². The van der Waals surface area contributed by atoms with Crippen molar-refractivity contribution in [1.29, 1.82) is 0 Å². The number of likely N-dealkylation sites (tertiary alicyclic amines) is 1. The smallest absolute Gasteiger partial charge is 0.408 e. The van der Waals surface area contributed by atoms with Crippen molar-refractivity contribution in [1.82, 2.24) is 20.2 Å². The van der Waals surface area contributed by atoms with Crippen molar-refractivity contribution >= 4 is 35.1 Å². The van der Waals surface area contributed by atoms with Crippen LogP contribution < -0.4 is 14.8 Å². The van der Waals surface area contributed by atoms with Gasteiger partial charge in [-0.3, -0.25) is 4.79 Å². The maximum atomic E-state index is 14.0. The number of aromatic nitrogens is 2. The summed E-state index contributed by atoms with van der Waals surface area (Å²) in [7, 11) is 1.55. The van der Waals surface area contributed by atoms with Crippen LogP contribution in [0, 0.1) is 17.3 Å². The fourth-order valence-corrected chi connectivity index (χ4v) is 5.86. The van der Waals surface area contributed by atoms with Gasteiger partial charge in [-0.15, -0.1) is 6.58 Å². The molecule has 2 N–H and O–H groups in total. The van der Waals surface area contributed by atoms with Gasteiger partial charge in [0.05, 0.1) is 24.7 Å². The molecule has 11 heteroatoms. The number of methoxy groups -OCH3 is 1. The van der Waals surface area contributed by atoms with Crippen LogP contribution in [0.25, 0.3) is 17.1 Å². The minimum absolute atomic E-state index is 0.0300. The van der Waals surface area contributed by atoms with Crippen molar-refractivity contribution in [2.24, 2.45) is 17.3 Å². The number of hydrogen-bond donors (Lipinski definition) is 2. The number of fused-ring (bicyclic) bond motifs is 1. The Bertz CT molecular complexity index is 1440. The molecule has 2 unspecified atom stereocenters. The Labute approximate surface area is 258 Å². The largest absolute Gasteiger partial charge is 0.497 e. The number of amides is 2. The number of allylic oxidation sites excluding steroid dienone is 1. The number of ether oxygens (including phenoxy) is 3. The number of unbranched alkanes of at least 4 members (excludes halogenated alkanes) is 1. The zero-order valence-electron chi connectivity index (χ0n) is 26.5. The van der Waals surface area contributed by atoms with Crippen LogP contribution in [0.1, 0.15) is 66.0 Å². The average Bonchev–Trinajstić information content (AvgIpc) is 3.47. The topological polar surface area (TPSA) is 140 Å². The molecule has 2 aliphatic rings. The highest BCUT2D eigenvalue weighted by Crippen LogP contribution is 2.49. The Kier molecular flexibility index (Phi) is 9.56. The maximum Gasteiger partial charge on any atom is 0.408 e. The summed E-state index contributed by atoms with van der Waals surface area (Å²) in [5.74, 6) is -1.28. The fraction of sp³-hybridized carbons (Fsp3) is 0.545. The summed E-state index contributed by atoms with van der Waals surface area (Å²) >= 11 is 0. The quantitative estimate of drug-likeness (QED) is 0.245. The lowest BCUT2D eigenvalue weighted by Gasteiger charge is -2.35. The maximum absolute atomic E-state index is 14.0. The Hall–Kier alpha value is -4.15. The summed E-state index contributed by atoms with van der Waals surface area (Å²) in [6, 6.07) is 3.04. The second kappa shape index (κ2) is 12.8. The van der Waals surface area contributed by atoms with Gasteiger partial charge in [0.15, 0.2) is 0 Å². The van der Waals surface area contributed by atoms with Gasteiger partial charge in [0.1, 0.15) is 35.2 Å². The number of nitrogens with zero attached hydrogens (tertiary/aromatic N) is 3. The zero-order chi connectivity index (χ0) is 32.4. The molecule has 2 amide bonds. The van der Waals surface area contributed by atoms with E-state index in [4.69, 9.17) is 14.2 Å². The van der Waals surface area contributed by atoms with Crippen molar-refractivity contribution in [3.8, 4) is 11.6 Å². The molecule has 4 rings (SSSR count). The van der Waals surface area contributed by atoms with Crippen LogP contribution in [0.5, 0.6) is 11.6 Å². The van der Waals surface area contributed by atoms with Gasteiger partial charge in [-0.2, -0.15) is 0 Å². The number of carboxylic acid groups (broad SMARTS) is 1. The highest BCUT2D eigenvalue weighted by Gasteiger charge is 2.54.